The molecular formula is C36H50N8O6. The third-order valence-corrected chi connectivity index (χ3v) is 8.84. The average molecular weight is 691 g/mol. The van der Waals surface area contributed by atoms with E-state index in [2.05, 4.69) is 31.3 Å². The van der Waals surface area contributed by atoms with Crippen LogP contribution in [0.4, 0.5) is 0 Å². The minimum atomic E-state index is -1.05. The van der Waals surface area contributed by atoms with Gasteiger partial charge >= 0.3 is 0 Å². The van der Waals surface area contributed by atoms with Crippen LogP contribution in [0.1, 0.15) is 68.3 Å². The third-order valence-electron chi connectivity index (χ3n) is 8.84. The number of carbonyl (C=O) groups excluding carboxylic acids is 5. The number of aromatic nitrogens is 3. The van der Waals surface area contributed by atoms with E-state index in [0.717, 1.165) is 5.56 Å². The van der Waals surface area contributed by atoms with Crippen LogP contribution in [-0.4, -0.2) is 93.6 Å². The lowest BCUT2D eigenvalue weighted by atomic mass is 10.0. The summed E-state index contributed by atoms with van der Waals surface area (Å²) in [6.45, 7) is 12.4. The van der Waals surface area contributed by atoms with Crippen molar-refractivity contribution in [2.75, 3.05) is 20.2 Å². The Hall–Kier alpha value is -5.01. The van der Waals surface area contributed by atoms with Crippen molar-refractivity contribution in [2.45, 2.75) is 85.5 Å². The highest BCUT2D eigenvalue weighted by atomic mass is 16.5. The van der Waals surface area contributed by atoms with Gasteiger partial charge in [-0.1, -0.05) is 39.8 Å². The maximum atomic E-state index is 14.4. The molecule has 3 aromatic rings. The minimum Gasteiger partial charge on any atom is -0.497 e. The number of nitrogens with one attached hydrogen (secondary N) is 4. The molecule has 0 saturated carbocycles. The fourth-order valence-corrected chi connectivity index (χ4v) is 6.07. The summed E-state index contributed by atoms with van der Waals surface area (Å²) in [5.74, 6) is -2.09. The van der Waals surface area contributed by atoms with Gasteiger partial charge in [0.05, 0.1) is 30.3 Å². The number of hydrogen-bond donors (Lipinski definition) is 4. The van der Waals surface area contributed by atoms with Gasteiger partial charge in [-0.2, -0.15) is 5.10 Å². The second-order valence-corrected chi connectivity index (χ2v) is 13.9. The van der Waals surface area contributed by atoms with E-state index in [4.69, 9.17) is 4.74 Å². The summed E-state index contributed by atoms with van der Waals surface area (Å²) in [5, 5.41) is 16.4. The lowest BCUT2D eigenvalue weighted by Gasteiger charge is -2.31. The summed E-state index contributed by atoms with van der Waals surface area (Å²) in [6, 6.07) is 5.16. The fourth-order valence-electron chi connectivity index (χ4n) is 6.07. The number of methoxy groups -OCH3 is 1. The normalized spacial score (nSPS) is 21.3. The average Bonchev–Trinajstić information content (AvgIpc) is 3.33. The molecule has 5 amide bonds. The fraction of sp³-hybridized carbons (Fsp3) is 0.528. The van der Waals surface area contributed by atoms with Gasteiger partial charge in [0.25, 0.3) is 5.91 Å². The topological polar surface area (TPSA) is 177 Å². The van der Waals surface area contributed by atoms with E-state index in [1.54, 1.807) is 69.9 Å². The molecule has 2 aromatic heterocycles. The van der Waals surface area contributed by atoms with Gasteiger partial charge in [-0.25, -0.2) is 4.98 Å². The second-order valence-electron chi connectivity index (χ2n) is 13.9. The first-order chi connectivity index (χ1) is 23.6. The molecule has 0 bridgehead atoms. The first-order valence-corrected chi connectivity index (χ1v) is 17.0. The predicted molar refractivity (Wildman–Crippen MR) is 188 cm³/mol. The first kappa shape index (κ1) is 37.8. The van der Waals surface area contributed by atoms with Crippen molar-refractivity contribution in [3.8, 4) is 5.75 Å². The summed E-state index contributed by atoms with van der Waals surface area (Å²) in [7, 11) is 3.30. The Bertz CT molecular complexity index is 1730. The Morgan fingerprint density at radius 2 is 1.60 bits per heavy atom. The molecule has 50 heavy (non-hydrogen) atoms. The van der Waals surface area contributed by atoms with Gasteiger partial charge in [0.1, 0.15) is 23.9 Å². The molecule has 4 rings (SSSR count). The SMILES string of the molecule is COc1ccc(C[C@@H]2NC(=O)[C@H](CC(C)C)NC(=O)CN(C(=O)c3cc(C)nc4c3c(C)nn4C)C[C@H](C(C)C)NC(=O)[C@@H](C)NC2=O)cc1. The van der Waals surface area contributed by atoms with Crippen molar-refractivity contribution in [1.29, 1.82) is 0 Å². The number of aryl methyl sites for hydroxylation is 3. The van der Waals surface area contributed by atoms with Crippen LogP contribution in [0.5, 0.6) is 5.75 Å². The van der Waals surface area contributed by atoms with E-state index >= 15 is 0 Å². The summed E-state index contributed by atoms with van der Waals surface area (Å²) < 4.78 is 6.86. The van der Waals surface area contributed by atoms with Gasteiger partial charge in [-0.05, 0) is 62.8 Å². The summed E-state index contributed by atoms with van der Waals surface area (Å²) in [5.41, 5.74) is 2.82. The molecule has 1 saturated heterocycles. The van der Waals surface area contributed by atoms with Gasteiger partial charge in [-0.3, -0.25) is 28.7 Å². The Morgan fingerprint density at radius 1 is 0.940 bits per heavy atom. The number of carbonyl (C=O) groups is 5. The highest BCUT2D eigenvalue weighted by molar-refractivity contribution is 6.07. The molecule has 3 heterocycles. The van der Waals surface area contributed by atoms with E-state index in [-0.39, 0.29) is 37.8 Å². The highest BCUT2D eigenvalue weighted by Gasteiger charge is 2.33. The van der Waals surface area contributed by atoms with Crippen LogP contribution in [-0.2, 0) is 32.6 Å². The summed E-state index contributed by atoms with van der Waals surface area (Å²) >= 11 is 0. The molecule has 1 aromatic carbocycles. The Balaban J connectivity index is 1.74. The maximum absolute atomic E-state index is 14.4. The monoisotopic (exact) mass is 690 g/mol. The largest absolute Gasteiger partial charge is 0.497 e. The van der Waals surface area contributed by atoms with Crippen molar-refractivity contribution in [1.82, 2.24) is 40.9 Å². The number of hydrogen-bond acceptors (Lipinski definition) is 8. The molecule has 4 atom stereocenters. The lowest BCUT2D eigenvalue weighted by Crippen LogP contribution is -2.57. The van der Waals surface area contributed by atoms with E-state index in [0.29, 0.717) is 33.7 Å². The quantitative estimate of drug-likeness (QED) is 0.291. The van der Waals surface area contributed by atoms with Crippen molar-refractivity contribution < 1.29 is 28.7 Å². The number of rotatable bonds is 7. The standard InChI is InChI=1S/C36H50N8O6/c1-19(2)14-27-35(48)40-28(16-24-10-12-25(50-9)13-11-24)34(47)38-23(7)33(46)41-29(20(3)4)17-44(18-30(45)39-27)36(49)26-15-21(5)37-32-31(26)22(6)42-43(32)8/h10-13,15,19-20,23,27-29H,14,16-18H2,1-9H3,(H,38,47)(H,39,45)(H,40,48)(H,41,46)/t23-,27+,28+,29-/m1/s1. The van der Waals surface area contributed by atoms with Crippen LogP contribution in [0, 0.1) is 25.7 Å². The number of amides is 5. The Labute approximate surface area is 293 Å². The molecule has 0 unspecified atom stereocenters. The summed E-state index contributed by atoms with van der Waals surface area (Å²) in [4.78, 5) is 75.2. The number of benzene rings is 1. The zero-order valence-corrected chi connectivity index (χ0v) is 30.4. The second kappa shape index (κ2) is 16.1. The molecule has 14 nitrogen and oxygen atoms in total. The van der Waals surface area contributed by atoms with E-state index in [1.165, 1.54) is 4.90 Å². The predicted octanol–water partition coefficient (Wildman–Crippen LogP) is 1.95. The Morgan fingerprint density at radius 3 is 2.22 bits per heavy atom. The van der Waals surface area contributed by atoms with Gasteiger partial charge in [0.15, 0.2) is 5.65 Å². The molecule has 270 valence electrons. The van der Waals surface area contributed by atoms with Crippen LogP contribution in [0.2, 0.25) is 0 Å². The number of ether oxygens (including phenoxy) is 1. The van der Waals surface area contributed by atoms with Crippen LogP contribution in [0.25, 0.3) is 11.0 Å². The minimum absolute atomic E-state index is 0.00790. The number of pyridine rings is 1. The molecule has 0 radical (unpaired) electrons. The van der Waals surface area contributed by atoms with E-state index in [1.807, 2.05) is 27.7 Å². The highest BCUT2D eigenvalue weighted by Crippen LogP contribution is 2.24. The van der Waals surface area contributed by atoms with Crippen LogP contribution in [0.15, 0.2) is 30.3 Å². The van der Waals surface area contributed by atoms with E-state index in [9.17, 15) is 24.0 Å². The van der Waals surface area contributed by atoms with Crippen molar-refractivity contribution in [3.05, 3.63) is 52.8 Å². The van der Waals surface area contributed by atoms with Crippen LogP contribution < -0.4 is 26.0 Å². The third kappa shape index (κ3) is 9.16. The van der Waals surface area contributed by atoms with E-state index < -0.39 is 53.7 Å². The zero-order chi connectivity index (χ0) is 36.9. The summed E-state index contributed by atoms with van der Waals surface area (Å²) in [6.07, 6.45) is 0.412. The number of nitrogens with zero attached hydrogens (tertiary/aromatic N) is 4. The van der Waals surface area contributed by atoms with Crippen molar-refractivity contribution >= 4 is 40.6 Å². The molecule has 0 aliphatic carbocycles. The maximum Gasteiger partial charge on any atom is 0.255 e. The molecule has 0 spiro atoms. The molecule has 1 aliphatic rings. The molecule has 4 N–H and O–H groups in total. The number of fused-ring (bicyclic) bond motifs is 1. The van der Waals surface area contributed by atoms with Gasteiger partial charge in [0, 0.05) is 31.7 Å². The van der Waals surface area contributed by atoms with Gasteiger partial charge < -0.3 is 30.9 Å². The van der Waals surface area contributed by atoms with Gasteiger partial charge in [0.2, 0.25) is 23.6 Å². The zero-order valence-electron chi connectivity index (χ0n) is 30.4. The van der Waals surface area contributed by atoms with Crippen LogP contribution in [0.3, 0.4) is 0 Å². The molecular weight excluding hydrogens is 640 g/mol. The molecule has 1 fully saturated rings. The molecule has 1 aliphatic heterocycles. The van der Waals surface area contributed by atoms with Gasteiger partial charge in [-0.15, -0.1) is 0 Å². The first-order valence-electron chi connectivity index (χ1n) is 17.0. The van der Waals surface area contributed by atoms with Crippen LogP contribution >= 0.6 is 0 Å². The smallest absolute Gasteiger partial charge is 0.255 e. The lowest BCUT2D eigenvalue weighted by molar-refractivity contribution is -0.133. The Kier molecular flexibility index (Phi) is 12.2. The molecule has 14 heteroatoms. The van der Waals surface area contributed by atoms with Crippen molar-refractivity contribution in [2.24, 2.45) is 18.9 Å². The van der Waals surface area contributed by atoms with Crippen molar-refractivity contribution in [3.63, 3.8) is 0 Å².